The summed E-state index contributed by atoms with van der Waals surface area (Å²) < 4.78 is 89.2. The molecule has 15 heteroatoms. The largest absolute Gasteiger partial charge is 0.417 e. The number of sulfonamides is 1. The van der Waals surface area contributed by atoms with Crippen molar-refractivity contribution in [1.82, 2.24) is 21.9 Å². The molecule has 1 fully saturated rings. The van der Waals surface area contributed by atoms with Crippen LogP contribution in [0.3, 0.4) is 0 Å². The van der Waals surface area contributed by atoms with Crippen LogP contribution >= 0.6 is 0 Å². The summed E-state index contributed by atoms with van der Waals surface area (Å²) in [6.45, 7) is -0.579. The monoisotopic (exact) mass is 481 g/mol. The normalized spacial score (nSPS) is 16.0. The second-order valence-electron chi connectivity index (χ2n) is 6.48. The van der Waals surface area contributed by atoms with Gasteiger partial charge in [0.2, 0.25) is 10.0 Å². The summed E-state index contributed by atoms with van der Waals surface area (Å²) in [5.41, 5.74) is 8.44. The smallest absolute Gasteiger partial charge is 0.395 e. The second kappa shape index (κ2) is 8.44. The van der Waals surface area contributed by atoms with Crippen molar-refractivity contribution in [2.24, 2.45) is 5.14 Å². The zero-order valence-electron chi connectivity index (χ0n) is 15.6. The summed E-state index contributed by atoms with van der Waals surface area (Å²) in [5.74, 6) is -0.499. The number of alkyl halides is 3. The molecular formula is C16H18F3N5O5S2. The van der Waals surface area contributed by atoms with Crippen LogP contribution in [0.1, 0.15) is 17.3 Å². The van der Waals surface area contributed by atoms with Gasteiger partial charge in [-0.1, -0.05) is 18.2 Å². The van der Waals surface area contributed by atoms with Crippen LogP contribution in [0.2, 0.25) is 0 Å². The van der Waals surface area contributed by atoms with Crippen LogP contribution in [-0.2, 0) is 26.0 Å². The molecule has 0 atom stereocenters. The summed E-state index contributed by atoms with van der Waals surface area (Å²) >= 11 is 0. The molecule has 1 saturated heterocycles. The summed E-state index contributed by atoms with van der Waals surface area (Å²) in [4.78, 5) is -1.23. The fourth-order valence-corrected chi connectivity index (χ4v) is 5.20. The van der Waals surface area contributed by atoms with Crippen molar-refractivity contribution in [1.29, 1.82) is 0 Å². The molecule has 31 heavy (non-hydrogen) atoms. The number of nitrogens with two attached hydrogens (primary N) is 1. The Labute approximate surface area is 175 Å². The van der Waals surface area contributed by atoms with Gasteiger partial charge in [0.25, 0.3) is 0 Å². The first-order valence-electron chi connectivity index (χ1n) is 8.58. The Morgan fingerprint density at radius 2 is 1.55 bits per heavy atom. The predicted molar refractivity (Wildman–Crippen MR) is 103 cm³/mol. The van der Waals surface area contributed by atoms with Crippen LogP contribution < -0.4 is 27.1 Å². The minimum atomic E-state index is -5.00. The van der Waals surface area contributed by atoms with Crippen LogP contribution in [0.4, 0.5) is 13.2 Å². The Bertz CT molecular complexity index is 1180. The standard InChI is InChI=1S/C16H18F3N5O5S2/c17-16(18,19)12-6-5-11(9-1-3-10(4-2-9)30(26,27)8-7-25)13(14(12)31(20,28)29)15-21-23-24-22-15/h1-6,15,21-25H,7-8H2,(H2,20,28,29). The number of hydrogen-bond donors (Lipinski definition) is 6. The first kappa shape index (κ1) is 23.6. The first-order chi connectivity index (χ1) is 14.4. The predicted octanol–water partition coefficient (Wildman–Crippen LogP) is -0.0986. The number of nitrogens with one attached hydrogen (secondary N) is 4. The molecule has 1 heterocycles. The van der Waals surface area contributed by atoms with Crippen molar-refractivity contribution in [3.05, 3.63) is 47.5 Å². The average Bonchev–Trinajstić information content (AvgIpc) is 3.20. The van der Waals surface area contributed by atoms with E-state index in [1.165, 1.54) is 24.3 Å². The molecule has 1 aliphatic heterocycles. The molecule has 0 bridgehead atoms. The highest BCUT2D eigenvalue weighted by Gasteiger charge is 2.40. The van der Waals surface area contributed by atoms with Gasteiger partial charge < -0.3 is 5.11 Å². The summed E-state index contributed by atoms with van der Waals surface area (Å²) in [5, 5.41) is 14.0. The van der Waals surface area contributed by atoms with Gasteiger partial charge in [-0.25, -0.2) is 32.8 Å². The lowest BCUT2D eigenvalue weighted by atomic mass is 9.95. The number of benzene rings is 2. The number of halogens is 3. The van der Waals surface area contributed by atoms with Crippen molar-refractivity contribution in [2.75, 3.05) is 12.4 Å². The van der Waals surface area contributed by atoms with Gasteiger partial charge >= 0.3 is 6.18 Å². The number of aliphatic hydroxyl groups is 1. The molecule has 0 aromatic heterocycles. The third-order valence-corrected chi connectivity index (χ3v) is 7.17. The zero-order valence-corrected chi connectivity index (χ0v) is 17.2. The van der Waals surface area contributed by atoms with E-state index in [4.69, 9.17) is 10.2 Å². The van der Waals surface area contributed by atoms with Gasteiger partial charge in [0.05, 0.1) is 22.8 Å². The van der Waals surface area contributed by atoms with Crippen LogP contribution in [0.25, 0.3) is 11.1 Å². The molecule has 0 radical (unpaired) electrons. The molecule has 2 aromatic carbocycles. The van der Waals surface area contributed by atoms with E-state index in [1.807, 2.05) is 0 Å². The maximum Gasteiger partial charge on any atom is 0.417 e. The van der Waals surface area contributed by atoms with Crippen molar-refractivity contribution in [3.63, 3.8) is 0 Å². The molecule has 1 aliphatic rings. The molecule has 10 nitrogen and oxygen atoms in total. The summed E-state index contributed by atoms with van der Waals surface area (Å²) in [7, 11) is -8.59. The van der Waals surface area contributed by atoms with Gasteiger partial charge in [-0.2, -0.15) is 24.2 Å². The lowest BCUT2D eigenvalue weighted by Gasteiger charge is -2.22. The van der Waals surface area contributed by atoms with E-state index in [9.17, 15) is 30.0 Å². The average molecular weight is 481 g/mol. The summed E-state index contributed by atoms with van der Waals surface area (Å²) in [6.07, 6.45) is -6.14. The highest BCUT2D eigenvalue weighted by molar-refractivity contribution is 7.91. The third kappa shape index (κ3) is 4.88. The van der Waals surface area contributed by atoms with Crippen LogP contribution in [0.5, 0.6) is 0 Å². The Morgan fingerprint density at radius 3 is 2.03 bits per heavy atom. The first-order valence-corrected chi connectivity index (χ1v) is 11.8. The summed E-state index contributed by atoms with van der Waals surface area (Å²) in [6, 6.07) is 6.74. The van der Waals surface area contributed by atoms with Gasteiger partial charge in [-0.05, 0) is 29.3 Å². The second-order valence-corrected chi connectivity index (χ2v) is 10.1. The minimum absolute atomic E-state index is 0.0682. The number of sulfone groups is 1. The van der Waals surface area contributed by atoms with E-state index in [1.54, 1.807) is 0 Å². The van der Waals surface area contributed by atoms with Gasteiger partial charge in [-0.3, -0.25) is 0 Å². The lowest BCUT2D eigenvalue weighted by molar-refractivity contribution is -0.140. The van der Waals surface area contributed by atoms with Gasteiger partial charge in [0, 0.05) is 5.56 Å². The van der Waals surface area contributed by atoms with Gasteiger partial charge in [0.15, 0.2) is 9.84 Å². The van der Waals surface area contributed by atoms with Gasteiger partial charge in [0.1, 0.15) is 11.1 Å². The maximum absolute atomic E-state index is 13.6. The van der Waals surface area contributed by atoms with E-state index < -0.39 is 55.0 Å². The molecule has 0 aliphatic carbocycles. The Kier molecular flexibility index (Phi) is 6.41. The molecule has 0 saturated carbocycles. The SMILES string of the molecule is NS(=O)(=O)c1c(C(F)(F)F)ccc(-c2ccc(S(=O)(=O)CCO)cc2)c1C1NNNN1. The van der Waals surface area contributed by atoms with Crippen molar-refractivity contribution < 1.29 is 35.1 Å². The molecule has 170 valence electrons. The highest BCUT2D eigenvalue weighted by atomic mass is 32.2. The molecule has 0 spiro atoms. The number of rotatable bonds is 6. The molecule has 0 amide bonds. The minimum Gasteiger partial charge on any atom is -0.395 e. The fourth-order valence-electron chi connectivity index (χ4n) is 3.14. The number of hydrazine groups is 3. The molecular weight excluding hydrogens is 463 g/mol. The highest BCUT2D eigenvalue weighted by Crippen LogP contribution is 2.41. The van der Waals surface area contributed by atoms with Crippen molar-refractivity contribution in [2.45, 2.75) is 22.1 Å². The Hall–Kier alpha value is -2.11. The number of aliphatic hydroxyl groups excluding tert-OH is 1. The number of primary sulfonamides is 1. The molecule has 3 rings (SSSR count). The molecule has 2 aromatic rings. The van der Waals surface area contributed by atoms with E-state index in [2.05, 4.69) is 21.9 Å². The van der Waals surface area contributed by atoms with E-state index in [0.29, 0.717) is 6.07 Å². The van der Waals surface area contributed by atoms with Crippen molar-refractivity contribution >= 4 is 19.9 Å². The Balaban J connectivity index is 2.26. The number of hydrogen-bond acceptors (Lipinski definition) is 9. The van der Waals surface area contributed by atoms with Crippen LogP contribution in [-0.4, -0.2) is 34.3 Å². The third-order valence-electron chi connectivity index (χ3n) is 4.45. The topological polar surface area (TPSA) is 163 Å². The fraction of sp³-hybridized carbons (Fsp3) is 0.250. The quantitative estimate of drug-likeness (QED) is 0.331. The van der Waals surface area contributed by atoms with Crippen LogP contribution in [0, 0.1) is 0 Å². The lowest BCUT2D eigenvalue weighted by Crippen LogP contribution is -2.33. The maximum atomic E-state index is 13.6. The molecule has 7 N–H and O–H groups in total. The van der Waals surface area contributed by atoms with E-state index in [-0.39, 0.29) is 21.6 Å². The van der Waals surface area contributed by atoms with Gasteiger partial charge in [-0.15, -0.1) is 0 Å². The van der Waals surface area contributed by atoms with E-state index in [0.717, 1.165) is 6.07 Å². The zero-order chi connectivity index (χ0) is 23.0. The van der Waals surface area contributed by atoms with Crippen molar-refractivity contribution in [3.8, 4) is 11.1 Å². The van der Waals surface area contributed by atoms with Crippen LogP contribution in [0.15, 0.2) is 46.2 Å². The Morgan fingerprint density at radius 1 is 0.968 bits per heavy atom. The molecule has 0 unspecified atom stereocenters. The van der Waals surface area contributed by atoms with E-state index >= 15 is 0 Å².